The number of aryl methyl sites for hydroxylation is 1. The highest BCUT2D eigenvalue weighted by atomic mass is 16.6. The zero-order chi connectivity index (χ0) is 14.5. The van der Waals surface area contributed by atoms with E-state index in [1.54, 1.807) is 6.07 Å². The first-order valence-electron chi connectivity index (χ1n) is 5.95. The van der Waals surface area contributed by atoms with Crippen molar-refractivity contribution in [3.63, 3.8) is 0 Å². The number of benzene rings is 1. The number of pyridine rings is 1. The summed E-state index contributed by atoms with van der Waals surface area (Å²) in [5.41, 5.74) is 2.20. The number of nitriles is 1. The van der Waals surface area contributed by atoms with Crippen molar-refractivity contribution in [2.45, 2.75) is 13.5 Å². The second kappa shape index (κ2) is 5.80. The molecule has 0 aliphatic heterocycles. The normalized spacial score (nSPS) is 9.80. The lowest BCUT2D eigenvalue weighted by atomic mass is 10.2. The van der Waals surface area contributed by atoms with Gasteiger partial charge in [-0.1, -0.05) is 6.07 Å². The highest BCUT2D eigenvalue weighted by Crippen LogP contribution is 2.25. The number of aromatic nitrogens is 1. The molecule has 0 saturated heterocycles. The van der Waals surface area contributed by atoms with Crippen molar-refractivity contribution < 1.29 is 4.92 Å². The maximum atomic E-state index is 11.0. The Morgan fingerprint density at radius 2 is 2.20 bits per heavy atom. The molecule has 0 bridgehead atoms. The molecule has 0 saturated carbocycles. The number of nitrogens with one attached hydrogen (secondary N) is 1. The van der Waals surface area contributed by atoms with Crippen LogP contribution in [-0.2, 0) is 6.54 Å². The van der Waals surface area contributed by atoms with Gasteiger partial charge in [-0.3, -0.25) is 15.1 Å². The third-order valence-electron chi connectivity index (χ3n) is 2.73. The molecule has 2 aromatic rings. The minimum Gasteiger partial charge on any atom is -0.374 e. The zero-order valence-corrected chi connectivity index (χ0v) is 10.8. The quantitative estimate of drug-likeness (QED) is 0.680. The maximum absolute atomic E-state index is 11.0. The highest BCUT2D eigenvalue weighted by Gasteiger charge is 2.14. The Bertz CT molecular complexity index is 692. The average molecular weight is 268 g/mol. The van der Waals surface area contributed by atoms with Gasteiger partial charge in [-0.25, -0.2) is 0 Å². The summed E-state index contributed by atoms with van der Waals surface area (Å²) in [5.74, 6) is 0. The first-order valence-corrected chi connectivity index (χ1v) is 5.95. The number of hydrogen-bond donors (Lipinski definition) is 1. The van der Waals surface area contributed by atoms with Gasteiger partial charge in [0, 0.05) is 11.8 Å². The molecule has 0 spiro atoms. The predicted octanol–water partition coefficient (Wildman–Crippen LogP) is 2.78. The number of nitro groups is 1. The van der Waals surface area contributed by atoms with Crippen molar-refractivity contribution in [1.29, 1.82) is 5.26 Å². The van der Waals surface area contributed by atoms with Crippen LogP contribution in [0.25, 0.3) is 0 Å². The third-order valence-corrected chi connectivity index (χ3v) is 2.73. The molecular formula is C14H12N4O2. The molecule has 0 radical (unpaired) electrons. The fourth-order valence-corrected chi connectivity index (χ4v) is 1.79. The maximum Gasteiger partial charge on any atom is 0.293 e. The number of rotatable bonds is 4. The van der Waals surface area contributed by atoms with E-state index in [-0.39, 0.29) is 11.3 Å². The smallest absolute Gasteiger partial charge is 0.293 e. The van der Waals surface area contributed by atoms with E-state index < -0.39 is 4.92 Å². The van der Waals surface area contributed by atoms with Gasteiger partial charge in [-0.2, -0.15) is 5.26 Å². The standard InChI is InChI=1S/C14H12N4O2/c1-10-3-2-4-12(17-10)9-16-13-6-5-11(8-15)7-14(13)18(19)20/h2-7,16H,9H2,1H3. The fourth-order valence-electron chi connectivity index (χ4n) is 1.79. The zero-order valence-electron chi connectivity index (χ0n) is 10.8. The first-order chi connectivity index (χ1) is 9.60. The molecule has 1 aromatic carbocycles. The molecule has 20 heavy (non-hydrogen) atoms. The van der Waals surface area contributed by atoms with Crippen LogP contribution >= 0.6 is 0 Å². The minimum absolute atomic E-state index is 0.114. The van der Waals surface area contributed by atoms with Crippen LogP contribution in [0.3, 0.4) is 0 Å². The van der Waals surface area contributed by atoms with Gasteiger partial charge in [0.2, 0.25) is 0 Å². The number of nitro benzene ring substituents is 1. The summed E-state index contributed by atoms with van der Waals surface area (Å²) >= 11 is 0. The van der Waals surface area contributed by atoms with E-state index in [0.717, 1.165) is 11.4 Å². The summed E-state index contributed by atoms with van der Waals surface area (Å²) in [6.45, 7) is 2.27. The molecule has 0 aliphatic rings. The summed E-state index contributed by atoms with van der Waals surface area (Å²) in [7, 11) is 0. The summed E-state index contributed by atoms with van der Waals surface area (Å²) in [6.07, 6.45) is 0. The van der Waals surface area contributed by atoms with Crippen LogP contribution in [0.15, 0.2) is 36.4 Å². The van der Waals surface area contributed by atoms with Gasteiger partial charge in [0.1, 0.15) is 5.69 Å². The van der Waals surface area contributed by atoms with Gasteiger partial charge < -0.3 is 5.32 Å². The van der Waals surface area contributed by atoms with Crippen molar-refractivity contribution in [3.8, 4) is 6.07 Å². The number of hydrogen-bond acceptors (Lipinski definition) is 5. The molecule has 1 aromatic heterocycles. The first kappa shape index (κ1) is 13.5. The van der Waals surface area contributed by atoms with E-state index in [0.29, 0.717) is 12.2 Å². The van der Waals surface area contributed by atoms with Crippen LogP contribution in [0.5, 0.6) is 0 Å². The molecule has 2 rings (SSSR count). The molecule has 1 heterocycles. The lowest BCUT2D eigenvalue weighted by molar-refractivity contribution is -0.384. The Balaban J connectivity index is 2.21. The second-order valence-electron chi connectivity index (χ2n) is 4.22. The molecule has 0 fully saturated rings. The summed E-state index contributed by atoms with van der Waals surface area (Å²) in [5, 5.41) is 22.7. The van der Waals surface area contributed by atoms with Crippen LogP contribution in [0.1, 0.15) is 17.0 Å². The van der Waals surface area contributed by atoms with Gasteiger partial charge >= 0.3 is 0 Å². The van der Waals surface area contributed by atoms with E-state index >= 15 is 0 Å². The van der Waals surface area contributed by atoms with Crippen LogP contribution in [0, 0.1) is 28.4 Å². The molecule has 100 valence electrons. The highest BCUT2D eigenvalue weighted by molar-refractivity contribution is 5.64. The van der Waals surface area contributed by atoms with Crippen LogP contribution in [-0.4, -0.2) is 9.91 Å². The van der Waals surface area contributed by atoms with Crippen LogP contribution < -0.4 is 5.32 Å². The topological polar surface area (TPSA) is 91.8 Å². The minimum atomic E-state index is -0.507. The molecule has 0 aliphatic carbocycles. The van der Waals surface area contributed by atoms with Crippen molar-refractivity contribution in [2.75, 3.05) is 5.32 Å². The van der Waals surface area contributed by atoms with Gasteiger partial charge in [-0.15, -0.1) is 0 Å². The molecular weight excluding hydrogens is 256 g/mol. The Hall–Kier alpha value is -2.94. The largest absolute Gasteiger partial charge is 0.374 e. The summed E-state index contributed by atoms with van der Waals surface area (Å²) in [6, 6.07) is 11.8. The van der Waals surface area contributed by atoms with E-state index in [4.69, 9.17) is 5.26 Å². The van der Waals surface area contributed by atoms with Gasteiger partial charge in [0.25, 0.3) is 5.69 Å². The molecule has 6 heteroatoms. The van der Waals surface area contributed by atoms with E-state index in [1.807, 2.05) is 31.2 Å². The van der Waals surface area contributed by atoms with Gasteiger partial charge in [0.15, 0.2) is 0 Å². The second-order valence-corrected chi connectivity index (χ2v) is 4.22. The predicted molar refractivity (Wildman–Crippen MR) is 74.1 cm³/mol. The Kier molecular flexibility index (Phi) is 3.91. The third kappa shape index (κ3) is 3.09. The Morgan fingerprint density at radius 1 is 1.40 bits per heavy atom. The number of nitrogens with zero attached hydrogens (tertiary/aromatic N) is 3. The lowest BCUT2D eigenvalue weighted by Crippen LogP contribution is -2.04. The van der Waals surface area contributed by atoms with Gasteiger partial charge in [0.05, 0.1) is 28.8 Å². The molecule has 0 atom stereocenters. The summed E-state index contributed by atoms with van der Waals surface area (Å²) < 4.78 is 0. The van der Waals surface area contributed by atoms with Crippen molar-refractivity contribution in [3.05, 3.63) is 63.5 Å². The van der Waals surface area contributed by atoms with Gasteiger partial charge in [-0.05, 0) is 31.2 Å². The monoisotopic (exact) mass is 268 g/mol. The SMILES string of the molecule is Cc1cccc(CNc2ccc(C#N)cc2[N+](=O)[O-])n1. The molecule has 1 N–H and O–H groups in total. The fraction of sp³-hybridized carbons (Fsp3) is 0.143. The van der Waals surface area contributed by atoms with Crippen molar-refractivity contribution >= 4 is 11.4 Å². The van der Waals surface area contributed by atoms with E-state index in [9.17, 15) is 10.1 Å². The Labute approximate surface area is 115 Å². The van der Waals surface area contributed by atoms with Crippen LogP contribution in [0.2, 0.25) is 0 Å². The lowest BCUT2D eigenvalue weighted by Gasteiger charge is -2.07. The van der Waals surface area contributed by atoms with Crippen molar-refractivity contribution in [2.24, 2.45) is 0 Å². The average Bonchev–Trinajstić information content (AvgIpc) is 2.45. The molecule has 6 nitrogen and oxygen atoms in total. The molecule has 0 amide bonds. The van der Waals surface area contributed by atoms with Crippen molar-refractivity contribution in [1.82, 2.24) is 4.98 Å². The summed E-state index contributed by atoms with van der Waals surface area (Å²) in [4.78, 5) is 14.8. The van der Waals surface area contributed by atoms with E-state index in [1.165, 1.54) is 12.1 Å². The Morgan fingerprint density at radius 3 is 2.85 bits per heavy atom. The number of anilines is 1. The van der Waals surface area contributed by atoms with E-state index in [2.05, 4.69) is 10.3 Å². The molecule has 0 unspecified atom stereocenters. The van der Waals surface area contributed by atoms with Crippen LogP contribution in [0.4, 0.5) is 11.4 Å².